The van der Waals surface area contributed by atoms with Crippen molar-refractivity contribution in [3.8, 4) is 0 Å². The van der Waals surface area contributed by atoms with Gasteiger partial charge in [0.1, 0.15) is 0 Å². The Kier molecular flexibility index (Phi) is 4.59. The third-order valence-electron chi connectivity index (χ3n) is 3.17. The van der Waals surface area contributed by atoms with Crippen molar-refractivity contribution in [1.29, 1.82) is 0 Å². The molecule has 1 heterocycles. The minimum atomic E-state index is -3.69. The predicted octanol–water partition coefficient (Wildman–Crippen LogP) is 2.25. The topological polar surface area (TPSA) is 79.3 Å². The molecule has 2 aromatic rings. The Morgan fingerprint density at radius 1 is 1.19 bits per heavy atom. The molecule has 2 N–H and O–H groups in total. The summed E-state index contributed by atoms with van der Waals surface area (Å²) < 4.78 is 27.2. The smallest absolute Gasteiger partial charge is 0.261 e. The normalized spacial score (nSPS) is 11.4. The number of nitrogens with zero attached hydrogens (tertiary/aromatic N) is 1. The number of anilines is 1. The second-order valence-corrected chi connectivity index (χ2v) is 6.48. The molecule has 0 spiro atoms. The molecule has 0 aliphatic rings. The lowest BCUT2D eigenvalue weighted by atomic mass is 10.1. The summed E-state index contributed by atoms with van der Waals surface area (Å²) in [5.74, 6) is 0. The van der Waals surface area contributed by atoms with Crippen molar-refractivity contribution in [2.24, 2.45) is 0 Å². The maximum Gasteiger partial charge on any atom is 0.261 e. The van der Waals surface area contributed by atoms with Crippen LogP contribution in [0.3, 0.4) is 0 Å². The van der Waals surface area contributed by atoms with Gasteiger partial charge in [-0.2, -0.15) is 0 Å². The Morgan fingerprint density at radius 2 is 1.95 bits per heavy atom. The zero-order chi connectivity index (χ0) is 15.5. The van der Waals surface area contributed by atoms with E-state index in [1.54, 1.807) is 24.4 Å². The van der Waals surface area contributed by atoms with E-state index in [4.69, 9.17) is 0 Å². The highest BCUT2D eigenvalue weighted by Crippen LogP contribution is 2.20. The van der Waals surface area contributed by atoms with Crippen LogP contribution in [0, 0.1) is 6.92 Å². The molecule has 0 radical (unpaired) electrons. The summed E-state index contributed by atoms with van der Waals surface area (Å²) in [5.41, 5.74) is 2.85. The molecule has 0 atom stereocenters. The molecule has 1 aromatic carbocycles. The Hall–Kier alpha value is -1.92. The molecule has 1 aromatic heterocycles. The first-order chi connectivity index (χ1) is 9.96. The predicted molar refractivity (Wildman–Crippen MR) is 81.5 cm³/mol. The van der Waals surface area contributed by atoms with Crippen molar-refractivity contribution in [2.75, 3.05) is 4.72 Å². The van der Waals surface area contributed by atoms with Crippen LogP contribution in [-0.2, 0) is 23.1 Å². The molecule has 0 amide bonds. The second-order valence-electron chi connectivity index (χ2n) is 4.80. The van der Waals surface area contributed by atoms with Crippen LogP contribution in [0.2, 0.25) is 0 Å². The molecule has 0 saturated carbocycles. The summed E-state index contributed by atoms with van der Waals surface area (Å²) in [6, 6.07) is 6.49. The zero-order valence-corrected chi connectivity index (χ0v) is 12.8. The number of aryl methyl sites for hydroxylation is 2. The molecule has 0 fully saturated rings. The van der Waals surface area contributed by atoms with Gasteiger partial charge in [-0.1, -0.05) is 13.0 Å². The van der Waals surface area contributed by atoms with E-state index in [0.29, 0.717) is 11.3 Å². The number of aliphatic hydroxyl groups excluding tert-OH is 1. The number of aromatic nitrogens is 1. The van der Waals surface area contributed by atoms with Crippen molar-refractivity contribution in [3.63, 3.8) is 0 Å². The summed E-state index contributed by atoms with van der Waals surface area (Å²) in [7, 11) is -3.69. The van der Waals surface area contributed by atoms with Crippen molar-refractivity contribution in [1.82, 2.24) is 4.98 Å². The second kappa shape index (κ2) is 6.24. The summed E-state index contributed by atoms with van der Waals surface area (Å²) in [4.78, 5) is 4.09. The van der Waals surface area contributed by atoms with Crippen molar-refractivity contribution >= 4 is 15.7 Å². The Balaban J connectivity index is 2.35. The van der Waals surface area contributed by atoms with Gasteiger partial charge in [0.2, 0.25) is 0 Å². The monoisotopic (exact) mass is 306 g/mol. The summed E-state index contributed by atoms with van der Waals surface area (Å²) in [6.07, 6.45) is 3.85. The van der Waals surface area contributed by atoms with E-state index in [1.807, 2.05) is 13.8 Å². The van der Waals surface area contributed by atoms with Gasteiger partial charge < -0.3 is 5.11 Å². The van der Waals surface area contributed by atoms with Crippen molar-refractivity contribution in [3.05, 3.63) is 53.3 Å². The lowest BCUT2D eigenvalue weighted by Gasteiger charge is -2.11. The lowest BCUT2D eigenvalue weighted by molar-refractivity contribution is 0.280. The number of nitrogens with one attached hydrogen (secondary N) is 1. The lowest BCUT2D eigenvalue weighted by Crippen LogP contribution is -2.14. The van der Waals surface area contributed by atoms with E-state index < -0.39 is 10.0 Å². The minimum Gasteiger partial charge on any atom is -0.392 e. The number of rotatable bonds is 5. The van der Waals surface area contributed by atoms with Gasteiger partial charge in [0.05, 0.1) is 23.4 Å². The summed E-state index contributed by atoms with van der Waals surface area (Å²) in [6.45, 7) is 3.61. The molecule has 0 bridgehead atoms. The Labute approximate surface area is 124 Å². The molecular formula is C15H18N2O3S. The van der Waals surface area contributed by atoms with Crippen LogP contribution >= 0.6 is 0 Å². The van der Waals surface area contributed by atoms with Gasteiger partial charge in [0.25, 0.3) is 10.0 Å². The van der Waals surface area contributed by atoms with Crippen LogP contribution in [0.1, 0.15) is 23.6 Å². The first-order valence-electron chi connectivity index (χ1n) is 6.63. The van der Waals surface area contributed by atoms with Gasteiger partial charge in [0.15, 0.2) is 0 Å². The fraction of sp³-hybridized carbons (Fsp3) is 0.267. The largest absolute Gasteiger partial charge is 0.392 e. The van der Waals surface area contributed by atoms with Crippen LogP contribution in [0.4, 0.5) is 5.69 Å². The Morgan fingerprint density at radius 3 is 2.57 bits per heavy atom. The van der Waals surface area contributed by atoms with E-state index in [1.165, 1.54) is 12.3 Å². The molecule has 0 unspecified atom stereocenters. The summed E-state index contributed by atoms with van der Waals surface area (Å²) in [5, 5.41) is 9.34. The van der Waals surface area contributed by atoms with Gasteiger partial charge in [-0.05, 0) is 48.2 Å². The highest BCUT2D eigenvalue weighted by atomic mass is 32.2. The van der Waals surface area contributed by atoms with Crippen molar-refractivity contribution in [2.45, 2.75) is 31.8 Å². The van der Waals surface area contributed by atoms with Crippen LogP contribution < -0.4 is 4.72 Å². The van der Waals surface area contributed by atoms with Crippen LogP contribution in [0.25, 0.3) is 0 Å². The van der Waals surface area contributed by atoms with Crippen molar-refractivity contribution < 1.29 is 13.5 Å². The standard InChI is InChI=1S/C15H18N2O3S/c1-3-12-4-5-15(7-13(12)10-18)21(19,20)17-14-6-11(2)8-16-9-14/h4-9,17-18H,3,10H2,1-2H3. The van der Waals surface area contributed by atoms with E-state index in [9.17, 15) is 13.5 Å². The molecule has 0 aliphatic heterocycles. The molecular weight excluding hydrogens is 288 g/mol. The molecule has 112 valence electrons. The number of benzene rings is 1. The number of pyridine rings is 1. The molecule has 2 rings (SSSR count). The summed E-state index contributed by atoms with van der Waals surface area (Å²) >= 11 is 0. The third-order valence-corrected chi connectivity index (χ3v) is 4.55. The zero-order valence-electron chi connectivity index (χ0n) is 12.0. The van der Waals surface area contributed by atoms with Gasteiger partial charge in [-0.3, -0.25) is 9.71 Å². The van der Waals surface area contributed by atoms with E-state index in [0.717, 1.165) is 17.5 Å². The van der Waals surface area contributed by atoms with Gasteiger partial charge in [-0.25, -0.2) is 8.42 Å². The maximum absolute atomic E-state index is 12.4. The van der Waals surface area contributed by atoms with E-state index in [-0.39, 0.29) is 11.5 Å². The fourth-order valence-corrected chi connectivity index (χ4v) is 3.17. The number of sulfonamides is 1. The maximum atomic E-state index is 12.4. The first kappa shape index (κ1) is 15.5. The SMILES string of the molecule is CCc1ccc(S(=O)(=O)Nc2cncc(C)c2)cc1CO. The van der Waals surface area contributed by atoms with Gasteiger partial charge >= 0.3 is 0 Å². The van der Waals surface area contributed by atoms with E-state index in [2.05, 4.69) is 9.71 Å². The molecule has 0 saturated heterocycles. The first-order valence-corrected chi connectivity index (χ1v) is 8.11. The Bertz CT molecular complexity index is 742. The van der Waals surface area contributed by atoms with Crippen LogP contribution in [0.15, 0.2) is 41.6 Å². The van der Waals surface area contributed by atoms with Gasteiger partial charge in [0, 0.05) is 6.20 Å². The average molecular weight is 306 g/mol. The highest BCUT2D eigenvalue weighted by molar-refractivity contribution is 7.92. The molecule has 21 heavy (non-hydrogen) atoms. The van der Waals surface area contributed by atoms with Crippen LogP contribution in [0.5, 0.6) is 0 Å². The minimum absolute atomic E-state index is 0.130. The number of hydrogen-bond donors (Lipinski definition) is 2. The average Bonchev–Trinajstić information content (AvgIpc) is 2.46. The van der Waals surface area contributed by atoms with Crippen LogP contribution in [-0.4, -0.2) is 18.5 Å². The molecule has 5 nitrogen and oxygen atoms in total. The quantitative estimate of drug-likeness (QED) is 0.888. The van der Waals surface area contributed by atoms with E-state index >= 15 is 0 Å². The molecule has 6 heteroatoms. The van der Waals surface area contributed by atoms with Gasteiger partial charge in [-0.15, -0.1) is 0 Å². The molecule has 0 aliphatic carbocycles. The third kappa shape index (κ3) is 3.59. The fourth-order valence-electron chi connectivity index (χ4n) is 2.09. The number of aliphatic hydroxyl groups is 1. The number of hydrogen-bond acceptors (Lipinski definition) is 4. The highest BCUT2D eigenvalue weighted by Gasteiger charge is 2.16.